The first-order valence-electron chi connectivity index (χ1n) is 10.9. The molecule has 10 heteroatoms. The fourth-order valence-corrected chi connectivity index (χ4v) is 4.29. The number of halogens is 3. The van der Waals surface area contributed by atoms with E-state index < -0.39 is 11.9 Å². The third-order valence-corrected chi connectivity index (χ3v) is 6.34. The lowest BCUT2D eigenvalue weighted by molar-refractivity contribution is -0.143. The Kier molecular flexibility index (Phi) is 5.72. The van der Waals surface area contributed by atoms with Crippen molar-refractivity contribution in [2.75, 3.05) is 6.54 Å². The molecule has 3 aromatic heterocycles. The zero-order valence-electron chi connectivity index (χ0n) is 18.7. The molecule has 0 N–H and O–H groups in total. The van der Waals surface area contributed by atoms with Crippen LogP contribution < -0.4 is 0 Å². The van der Waals surface area contributed by atoms with E-state index in [1.165, 1.54) is 0 Å². The van der Waals surface area contributed by atoms with E-state index in [1.807, 2.05) is 20.8 Å². The van der Waals surface area contributed by atoms with Gasteiger partial charge in [0.25, 0.3) is 0 Å². The zero-order chi connectivity index (χ0) is 23.2. The van der Waals surface area contributed by atoms with Gasteiger partial charge in [0.15, 0.2) is 5.65 Å². The first-order chi connectivity index (χ1) is 15.1. The van der Waals surface area contributed by atoms with E-state index in [9.17, 15) is 18.0 Å². The number of carbonyl (C=O) groups is 1. The number of carbonyl (C=O) groups excluding carboxylic acids is 1. The molecule has 0 unspecified atom stereocenters. The molecule has 3 aromatic rings. The van der Waals surface area contributed by atoms with Crippen LogP contribution in [0.1, 0.15) is 66.3 Å². The molecule has 32 heavy (non-hydrogen) atoms. The Balaban J connectivity index is 1.69. The quantitative estimate of drug-likeness (QED) is 0.600. The Bertz CT molecular complexity index is 1160. The normalized spacial score (nSPS) is 17.3. The van der Waals surface area contributed by atoms with Gasteiger partial charge in [0, 0.05) is 24.0 Å². The van der Waals surface area contributed by atoms with E-state index in [0.29, 0.717) is 30.8 Å². The first kappa shape index (κ1) is 22.3. The molecule has 4 rings (SSSR count). The van der Waals surface area contributed by atoms with E-state index in [-0.39, 0.29) is 24.1 Å². The maximum atomic E-state index is 13.6. The molecule has 4 heterocycles. The molecule has 0 aliphatic carbocycles. The molecule has 0 radical (unpaired) electrons. The summed E-state index contributed by atoms with van der Waals surface area (Å²) in [6.45, 7) is 8.19. The average Bonchev–Trinajstić information content (AvgIpc) is 3.28. The molecule has 0 bridgehead atoms. The fraction of sp³-hybridized carbons (Fsp3) is 0.545. The minimum atomic E-state index is -4.55. The minimum absolute atomic E-state index is 0.0937. The molecule has 0 aromatic carbocycles. The number of alkyl halides is 3. The number of fused-ring (bicyclic) bond motifs is 1. The summed E-state index contributed by atoms with van der Waals surface area (Å²) in [5.74, 6) is -0.115. The van der Waals surface area contributed by atoms with Crippen LogP contribution >= 0.6 is 0 Å². The monoisotopic (exact) mass is 448 g/mol. The van der Waals surface area contributed by atoms with Gasteiger partial charge in [0.2, 0.25) is 5.91 Å². The van der Waals surface area contributed by atoms with Crippen LogP contribution in [0.25, 0.3) is 5.65 Å². The number of nitrogens with zero attached hydrogens (tertiary/aromatic N) is 6. The van der Waals surface area contributed by atoms with Crippen molar-refractivity contribution < 1.29 is 18.0 Å². The molecule has 1 fully saturated rings. The number of rotatable bonds is 4. The summed E-state index contributed by atoms with van der Waals surface area (Å²) in [6.07, 6.45) is -1.80. The maximum absolute atomic E-state index is 13.6. The van der Waals surface area contributed by atoms with Crippen LogP contribution in [-0.2, 0) is 23.9 Å². The van der Waals surface area contributed by atoms with Gasteiger partial charge in [-0.3, -0.25) is 9.48 Å². The second-order valence-electron chi connectivity index (χ2n) is 8.38. The van der Waals surface area contributed by atoms with Crippen LogP contribution in [0.15, 0.2) is 12.1 Å². The maximum Gasteiger partial charge on any atom is 0.433 e. The van der Waals surface area contributed by atoms with Gasteiger partial charge in [-0.2, -0.15) is 23.4 Å². The van der Waals surface area contributed by atoms with Gasteiger partial charge >= 0.3 is 6.18 Å². The van der Waals surface area contributed by atoms with Crippen LogP contribution in [0.2, 0.25) is 0 Å². The molecule has 7 nitrogen and oxygen atoms in total. The standard InChI is InChI=1S/C22H27F3N6O/c1-5-16-10-19(22(23,24)25)31-20(26-16)11-17(28-31)18-8-6-7-9-29(18)21(32)12-30-15(4)13(2)14(3)27-30/h10-11,18H,5-9,12H2,1-4H3/t18-/m0/s1. The van der Waals surface area contributed by atoms with E-state index in [4.69, 9.17) is 0 Å². The highest BCUT2D eigenvalue weighted by Gasteiger charge is 2.36. The number of hydrogen-bond donors (Lipinski definition) is 0. The fourth-order valence-electron chi connectivity index (χ4n) is 4.29. The highest BCUT2D eigenvalue weighted by atomic mass is 19.4. The smallest absolute Gasteiger partial charge is 0.332 e. The van der Waals surface area contributed by atoms with Gasteiger partial charge in [0.05, 0.1) is 17.4 Å². The highest BCUT2D eigenvalue weighted by molar-refractivity contribution is 5.76. The molecule has 1 aliphatic rings. The predicted molar refractivity (Wildman–Crippen MR) is 112 cm³/mol. The Hall–Kier alpha value is -2.91. The number of piperidine rings is 1. The molecule has 0 spiro atoms. The minimum Gasteiger partial charge on any atom is -0.332 e. The third kappa shape index (κ3) is 3.98. The SMILES string of the molecule is CCc1cc(C(F)(F)F)n2nc([C@@H]3CCCCN3C(=O)Cn3nc(C)c(C)c3C)cc2n1. The third-order valence-electron chi connectivity index (χ3n) is 6.34. The number of hydrogen-bond acceptors (Lipinski definition) is 4. The topological polar surface area (TPSA) is 68.3 Å². The summed E-state index contributed by atoms with van der Waals surface area (Å²) in [4.78, 5) is 19.3. The summed E-state index contributed by atoms with van der Waals surface area (Å²) in [6, 6.07) is 2.23. The number of aromatic nitrogens is 5. The lowest BCUT2D eigenvalue weighted by Crippen LogP contribution is -2.40. The van der Waals surface area contributed by atoms with Crippen LogP contribution in [0.5, 0.6) is 0 Å². The van der Waals surface area contributed by atoms with Crippen LogP contribution in [0.3, 0.4) is 0 Å². The van der Waals surface area contributed by atoms with Crippen molar-refractivity contribution in [3.63, 3.8) is 0 Å². The molecule has 172 valence electrons. The molecule has 1 amide bonds. The molecule has 1 atom stereocenters. The van der Waals surface area contributed by atoms with Crippen molar-refractivity contribution in [3.8, 4) is 0 Å². The Morgan fingerprint density at radius 2 is 1.91 bits per heavy atom. The second kappa shape index (κ2) is 8.22. The Morgan fingerprint density at radius 3 is 2.53 bits per heavy atom. The Morgan fingerprint density at radius 1 is 1.16 bits per heavy atom. The summed E-state index contributed by atoms with van der Waals surface area (Å²) in [5.41, 5.74) is 2.95. The van der Waals surface area contributed by atoms with Crippen molar-refractivity contribution in [2.45, 2.75) is 72.1 Å². The molecular weight excluding hydrogens is 421 g/mol. The van der Waals surface area contributed by atoms with Gasteiger partial charge in [-0.25, -0.2) is 9.50 Å². The van der Waals surface area contributed by atoms with Crippen molar-refractivity contribution in [2.24, 2.45) is 0 Å². The number of aryl methyl sites for hydroxylation is 2. The lowest BCUT2D eigenvalue weighted by Gasteiger charge is -2.34. The van der Waals surface area contributed by atoms with E-state index in [2.05, 4.69) is 15.2 Å². The molecule has 1 saturated heterocycles. The van der Waals surface area contributed by atoms with Crippen molar-refractivity contribution >= 4 is 11.6 Å². The number of amides is 1. The first-order valence-corrected chi connectivity index (χ1v) is 10.9. The number of likely N-dealkylation sites (tertiary alicyclic amines) is 1. The summed E-state index contributed by atoms with van der Waals surface area (Å²) < 4.78 is 43.5. The second-order valence-corrected chi connectivity index (χ2v) is 8.38. The summed E-state index contributed by atoms with van der Waals surface area (Å²) >= 11 is 0. The van der Waals surface area contributed by atoms with E-state index in [0.717, 1.165) is 40.4 Å². The van der Waals surface area contributed by atoms with Crippen LogP contribution in [-0.4, -0.2) is 41.7 Å². The summed E-state index contributed by atoms with van der Waals surface area (Å²) in [7, 11) is 0. The van der Waals surface area contributed by atoms with Gasteiger partial charge in [0.1, 0.15) is 12.2 Å². The zero-order valence-corrected chi connectivity index (χ0v) is 18.7. The molecule has 1 aliphatic heterocycles. The Labute approximate surface area is 184 Å². The van der Waals surface area contributed by atoms with Crippen LogP contribution in [0, 0.1) is 20.8 Å². The van der Waals surface area contributed by atoms with Crippen LogP contribution in [0.4, 0.5) is 13.2 Å². The predicted octanol–water partition coefficient (Wildman–Crippen LogP) is 4.19. The average molecular weight is 448 g/mol. The van der Waals surface area contributed by atoms with Gasteiger partial charge in [-0.05, 0) is 58.1 Å². The molecular formula is C22H27F3N6O. The van der Waals surface area contributed by atoms with Crippen molar-refractivity contribution in [3.05, 3.63) is 46.2 Å². The van der Waals surface area contributed by atoms with Gasteiger partial charge in [-0.1, -0.05) is 6.92 Å². The highest BCUT2D eigenvalue weighted by Crippen LogP contribution is 2.34. The largest absolute Gasteiger partial charge is 0.433 e. The van der Waals surface area contributed by atoms with Gasteiger partial charge in [-0.15, -0.1) is 0 Å². The van der Waals surface area contributed by atoms with Crippen molar-refractivity contribution in [1.82, 2.24) is 29.3 Å². The van der Waals surface area contributed by atoms with E-state index in [1.54, 1.807) is 22.6 Å². The van der Waals surface area contributed by atoms with Crippen molar-refractivity contribution in [1.29, 1.82) is 0 Å². The van der Waals surface area contributed by atoms with Gasteiger partial charge < -0.3 is 4.90 Å². The lowest BCUT2D eigenvalue weighted by atomic mass is 9.99. The van der Waals surface area contributed by atoms with E-state index >= 15 is 0 Å². The molecule has 0 saturated carbocycles. The summed E-state index contributed by atoms with van der Waals surface area (Å²) in [5, 5.41) is 8.72.